The second kappa shape index (κ2) is 5.37. The van der Waals surface area contributed by atoms with Crippen LogP contribution in [0.5, 0.6) is 0 Å². The number of nitrogens with zero attached hydrogens (tertiary/aromatic N) is 3. The van der Waals surface area contributed by atoms with Crippen LogP contribution in [0.2, 0.25) is 0 Å². The van der Waals surface area contributed by atoms with Crippen molar-refractivity contribution in [2.24, 2.45) is 0 Å². The topological polar surface area (TPSA) is 73.6 Å². The fourth-order valence-corrected chi connectivity index (χ4v) is 2.20. The van der Waals surface area contributed by atoms with Gasteiger partial charge in [-0.15, -0.1) is 0 Å². The van der Waals surface area contributed by atoms with Gasteiger partial charge in [0, 0.05) is 5.56 Å². The Morgan fingerprint density at radius 3 is 2.68 bits per heavy atom. The van der Waals surface area contributed by atoms with Crippen LogP contribution in [-0.2, 0) is 6.42 Å². The molecule has 0 aliphatic carbocycles. The van der Waals surface area contributed by atoms with E-state index in [2.05, 4.69) is 17.3 Å². The van der Waals surface area contributed by atoms with Gasteiger partial charge in [0.1, 0.15) is 5.76 Å². The molecule has 4 heteroatoms. The predicted octanol–water partition coefficient (Wildman–Crippen LogP) is 3.01. The van der Waals surface area contributed by atoms with E-state index in [-0.39, 0.29) is 5.92 Å². The Kier molecular flexibility index (Phi) is 3.63. The van der Waals surface area contributed by atoms with E-state index in [0.717, 1.165) is 16.8 Å². The van der Waals surface area contributed by atoms with E-state index in [4.69, 9.17) is 9.78 Å². The summed E-state index contributed by atoms with van der Waals surface area (Å²) >= 11 is 0. The molecule has 0 amide bonds. The molecule has 1 unspecified atom stereocenters. The standard InChI is InChI=1S/C15H13N3O/c1-10-15(11(2)19-18-10)14(9-17)7-12-4-3-5-13(6-12)8-16/h3-6,14H,7H2,1-2H3. The van der Waals surface area contributed by atoms with Crippen molar-refractivity contribution in [3.63, 3.8) is 0 Å². The van der Waals surface area contributed by atoms with Gasteiger partial charge in [0.2, 0.25) is 0 Å². The Morgan fingerprint density at radius 1 is 1.32 bits per heavy atom. The van der Waals surface area contributed by atoms with Crippen LogP contribution in [0.1, 0.15) is 34.1 Å². The molecule has 0 bridgehead atoms. The van der Waals surface area contributed by atoms with Gasteiger partial charge in [-0.3, -0.25) is 0 Å². The zero-order valence-electron chi connectivity index (χ0n) is 10.8. The molecule has 4 nitrogen and oxygen atoms in total. The maximum atomic E-state index is 9.35. The largest absolute Gasteiger partial charge is 0.361 e. The molecule has 2 aromatic rings. The molecule has 0 spiro atoms. The summed E-state index contributed by atoms with van der Waals surface area (Å²) in [6.45, 7) is 3.65. The van der Waals surface area contributed by atoms with Crippen LogP contribution in [0, 0.1) is 36.5 Å². The number of aromatic nitrogens is 1. The van der Waals surface area contributed by atoms with Crippen molar-refractivity contribution < 1.29 is 4.52 Å². The van der Waals surface area contributed by atoms with Crippen LogP contribution >= 0.6 is 0 Å². The van der Waals surface area contributed by atoms with Crippen molar-refractivity contribution in [2.45, 2.75) is 26.2 Å². The quantitative estimate of drug-likeness (QED) is 0.840. The molecule has 0 aliphatic rings. The van der Waals surface area contributed by atoms with Crippen molar-refractivity contribution in [3.8, 4) is 12.1 Å². The van der Waals surface area contributed by atoms with E-state index in [1.54, 1.807) is 6.07 Å². The van der Waals surface area contributed by atoms with Crippen LogP contribution in [0.3, 0.4) is 0 Å². The molecule has 0 radical (unpaired) electrons. The Bertz CT molecular complexity index is 654. The van der Waals surface area contributed by atoms with Crippen LogP contribution < -0.4 is 0 Å². The third-order valence-corrected chi connectivity index (χ3v) is 3.09. The summed E-state index contributed by atoms with van der Waals surface area (Å²) in [4.78, 5) is 0. The van der Waals surface area contributed by atoms with Crippen LogP contribution in [0.4, 0.5) is 0 Å². The molecule has 0 fully saturated rings. The Balaban J connectivity index is 2.30. The maximum absolute atomic E-state index is 9.35. The first-order valence-corrected chi connectivity index (χ1v) is 5.97. The summed E-state index contributed by atoms with van der Waals surface area (Å²) in [7, 11) is 0. The molecule has 94 valence electrons. The van der Waals surface area contributed by atoms with E-state index in [9.17, 15) is 5.26 Å². The Labute approximate surface area is 111 Å². The van der Waals surface area contributed by atoms with Crippen LogP contribution in [0.15, 0.2) is 28.8 Å². The van der Waals surface area contributed by atoms with E-state index in [0.29, 0.717) is 17.7 Å². The highest BCUT2D eigenvalue weighted by molar-refractivity contribution is 5.37. The maximum Gasteiger partial charge on any atom is 0.138 e. The molecule has 2 rings (SSSR count). The summed E-state index contributed by atoms with van der Waals surface area (Å²) in [5, 5.41) is 22.1. The smallest absolute Gasteiger partial charge is 0.138 e. The van der Waals surface area contributed by atoms with Gasteiger partial charge >= 0.3 is 0 Å². The normalized spacial score (nSPS) is 11.6. The number of rotatable bonds is 3. The molecule has 1 aromatic heterocycles. The van der Waals surface area contributed by atoms with Gasteiger partial charge in [-0.25, -0.2) is 0 Å². The second-order valence-corrected chi connectivity index (χ2v) is 4.44. The molecule has 0 saturated carbocycles. The highest BCUT2D eigenvalue weighted by Crippen LogP contribution is 2.26. The molecule has 0 saturated heterocycles. The van der Waals surface area contributed by atoms with Crippen molar-refractivity contribution in [3.05, 3.63) is 52.4 Å². The van der Waals surface area contributed by atoms with Gasteiger partial charge in [-0.2, -0.15) is 10.5 Å². The first-order valence-electron chi connectivity index (χ1n) is 5.97. The SMILES string of the molecule is Cc1noc(C)c1C(C#N)Cc1cccc(C#N)c1. The number of hydrogen-bond acceptors (Lipinski definition) is 4. The van der Waals surface area contributed by atoms with Gasteiger partial charge in [-0.05, 0) is 38.0 Å². The van der Waals surface area contributed by atoms with E-state index in [1.807, 2.05) is 32.0 Å². The summed E-state index contributed by atoms with van der Waals surface area (Å²) in [5.74, 6) is 0.376. The second-order valence-electron chi connectivity index (χ2n) is 4.44. The Morgan fingerprint density at radius 2 is 2.11 bits per heavy atom. The zero-order valence-corrected chi connectivity index (χ0v) is 10.8. The summed E-state index contributed by atoms with van der Waals surface area (Å²) in [5.41, 5.74) is 3.17. The number of aryl methyl sites for hydroxylation is 2. The lowest BCUT2D eigenvalue weighted by atomic mass is 9.91. The van der Waals surface area contributed by atoms with Gasteiger partial charge < -0.3 is 4.52 Å². The monoisotopic (exact) mass is 251 g/mol. The average molecular weight is 251 g/mol. The lowest BCUT2D eigenvalue weighted by Crippen LogP contribution is -2.03. The van der Waals surface area contributed by atoms with Crippen molar-refractivity contribution in [1.29, 1.82) is 10.5 Å². The lowest BCUT2D eigenvalue weighted by molar-refractivity contribution is 0.392. The van der Waals surface area contributed by atoms with Crippen molar-refractivity contribution >= 4 is 0 Å². The summed E-state index contributed by atoms with van der Waals surface area (Å²) in [6.07, 6.45) is 0.551. The molecule has 0 aliphatic heterocycles. The third kappa shape index (κ3) is 2.64. The van der Waals surface area contributed by atoms with Gasteiger partial charge in [0.05, 0.1) is 29.3 Å². The minimum absolute atomic E-state index is 0.305. The lowest BCUT2D eigenvalue weighted by Gasteiger charge is -2.09. The molecule has 1 aromatic carbocycles. The van der Waals surface area contributed by atoms with Gasteiger partial charge in [-0.1, -0.05) is 17.3 Å². The predicted molar refractivity (Wildman–Crippen MR) is 69.2 cm³/mol. The van der Waals surface area contributed by atoms with E-state index < -0.39 is 0 Å². The van der Waals surface area contributed by atoms with Crippen LogP contribution in [0.25, 0.3) is 0 Å². The van der Waals surface area contributed by atoms with Crippen molar-refractivity contribution in [1.82, 2.24) is 5.16 Å². The summed E-state index contributed by atoms with van der Waals surface area (Å²) < 4.78 is 5.11. The first-order chi connectivity index (χ1) is 9.15. The average Bonchev–Trinajstić information content (AvgIpc) is 2.76. The van der Waals surface area contributed by atoms with E-state index >= 15 is 0 Å². The highest BCUT2D eigenvalue weighted by Gasteiger charge is 2.20. The zero-order chi connectivity index (χ0) is 13.8. The van der Waals surface area contributed by atoms with Crippen molar-refractivity contribution in [2.75, 3.05) is 0 Å². The van der Waals surface area contributed by atoms with Gasteiger partial charge in [0.25, 0.3) is 0 Å². The molecule has 0 N–H and O–H groups in total. The van der Waals surface area contributed by atoms with E-state index in [1.165, 1.54) is 0 Å². The number of benzene rings is 1. The molecular weight excluding hydrogens is 238 g/mol. The molecule has 1 atom stereocenters. The third-order valence-electron chi connectivity index (χ3n) is 3.09. The van der Waals surface area contributed by atoms with Crippen LogP contribution in [-0.4, -0.2) is 5.16 Å². The summed E-state index contributed by atoms with van der Waals surface area (Å²) in [6, 6.07) is 11.7. The minimum Gasteiger partial charge on any atom is -0.361 e. The molecular formula is C15H13N3O. The highest BCUT2D eigenvalue weighted by atomic mass is 16.5. The first kappa shape index (κ1) is 12.9. The molecule has 19 heavy (non-hydrogen) atoms. The minimum atomic E-state index is -0.305. The fourth-order valence-electron chi connectivity index (χ4n) is 2.20. The number of nitriles is 2. The fraction of sp³-hybridized carbons (Fsp3) is 0.267. The Hall–Kier alpha value is -2.59. The molecule has 1 heterocycles. The van der Waals surface area contributed by atoms with Gasteiger partial charge in [0.15, 0.2) is 0 Å². The number of hydrogen-bond donors (Lipinski definition) is 0.